The van der Waals surface area contributed by atoms with Crippen molar-refractivity contribution in [3.05, 3.63) is 22.8 Å². The second-order valence-corrected chi connectivity index (χ2v) is 3.31. The zero-order valence-corrected chi connectivity index (χ0v) is 9.55. The Morgan fingerprint density at radius 3 is 2.69 bits per heavy atom. The molecule has 1 rings (SSSR count). The Morgan fingerprint density at radius 1 is 1.62 bits per heavy atom. The van der Waals surface area contributed by atoms with Gasteiger partial charge in [0.1, 0.15) is 0 Å². The molecule has 0 amide bonds. The summed E-state index contributed by atoms with van der Waals surface area (Å²) in [6, 6.07) is 1.64. The van der Waals surface area contributed by atoms with E-state index in [1.54, 1.807) is 20.0 Å². The molecule has 4 N–H and O–H groups in total. The molecule has 0 fully saturated rings. The van der Waals surface area contributed by atoms with Crippen molar-refractivity contribution < 1.29 is 9.53 Å². The van der Waals surface area contributed by atoms with Gasteiger partial charge in [0, 0.05) is 30.2 Å². The van der Waals surface area contributed by atoms with Gasteiger partial charge in [-0.3, -0.25) is 0 Å². The number of nitrogens with two attached hydrogens (primary N) is 1. The average molecular weight is 221 g/mol. The third-order valence-corrected chi connectivity index (χ3v) is 2.50. The van der Waals surface area contributed by atoms with Crippen LogP contribution in [0.15, 0.2) is 6.07 Å². The minimum absolute atomic E-state index is 0.412. The Balaban J connectivity index is 3.50. The van der Waals surface area contributed by atoms with E-state index in [0.717, 1.165) is 6.21 Å². The van der Waals surface area contributed by atoms with Crippen molar-refractivity contribution in [1.29, 1.82) is 5.41 Å². The smallest absolute Gasteiger partial charge is 0.338 e. The van der Waals surface area contributed by atoms with Gasteiger partial charge in [-0.2, -0.15) is 0 Å². The Hall–Kier alpha value is -2.04. The lowest BCUT2D eigenvalue weighted by Gasteiger charge is -2.14. The van der Waals surface area contributed by atoms with Crippen molar-refractivity contribution in [3.8, 4) is 0 Å². The Morgan fingerprint density at radius 2 is 2.25 bits per heavy atom. The SMILES string of the molecule is CNc1cc(C(=O)OC)c(C)c(N)c1C=N. The maximum absolute atomic E-state index is 11.5. The first-order chi connectivity index (χ1) is 7.56. The summed E-state index contributed by atoms with van der Waals surface area (Å²) in [5, 5.41) is 10.2. The van der Waals surface area contributed by atoms with Crippen LogP contribution in [0.3, 0.4) is 0 Å². The van der Waals surface area contributed by atoms with Crippen LogP contribution in [-0.2, 0) is 4.74 Å². The predicted molar refractivity (Wildman–Crippen MR) is 64.4 cm³/mol. The second-order valence-electron chi connectivity index (χ2n) is 3.31. The molecule has 0 heterocycles. The van der Waals surface area contributed by atoms with E-state index in [0.29, 0.717) is 28.1 Å². The van der Waals surface area contributed by atoms with Crippen molar-refractivity contribution in [2.24, 2.45) is 0 Å². The number of hydrogen-bond donors (Lipinski definition) is 3. The lowest BCUT2D eigenvalue weighted by atomic mass is 10.0. The molecule has 0 atom stereocenters. The van der Waals surface area contributed by atoms with Crippen LogP contribution in [0.1, 0.15) is 21.5 Å². The van der Waals surface area contributed by atoms with E-state index in [1.165, 1.54) is 7.11 Å². The number of anilines is 2. The molecule has 1 aromatic rings. The summed E-state index contributed by atoms with van der Waals surface area (Å²) in [5.41, 5.74) is 8.54. The first kappa shape index (κ1) is 12.0. The molecular formula is C11H15N3O2. The third-order valence-electron chi connectivity index (χ3n) is 2.50. The van der Waals surface area contributed by atoms with Gasteiger partial charge in [0.25, 0.3) is 0 Å². The molecule has 0 saturated heterocycles. The van der Waals surface area contributed by atoms with Gasteiger partial charge in [0.15, 0.2) is 0 Å². The molecule has 5 heteroatoms. The number of rotatable bonds is 3. The highest BCUT2D eigenvalue weighted by atomic mass is 16.5. The van der Waals surface area contributed by atoms with Crippen molar-refractivity contribution >= 4 is 23.6 Å². The molecule has 0 aliphatic rings. The molecule has 0 aliphatic carbocycles. The molecule has 5 nitrogen and oxygen atoms in total. The van der Waals surface area contributed by atoms with Crippen LogP contribution >= 0.6 is 0 Å². The summed E-state index contributed by atoms with van der Waals surface area (Å²) in [6.45, 7) is 1.73. The number of methoxy groups -OCH3 is 1. The highest BCUT2D eigenvalue weighted by Gasteiger charge is 2.16. The van der Waals surface area contributed by atoms with E-state index in [1.807, 2.05) is 0 Å². The Kier molecular flexibility index (Phi) is 3.50. The highest BCUT2D eigenvalue weighted by Crippen LogP contribution is 2.27. The zero-order chi connectivity index (χ0) is 12.3. The quantitative estimate of drug-likeness (QED) is 0.409. The van der Waals surface area contributed by atoms with Crippen LogP contribution in [0, 0.1) is 12.3 Å². The number of carbonyl (C=O) groups excluding carboxylic acids is 1. The molecule has 0 spiro atoms. The van der Waals surface area contributed by atoms with Gasteiger partial charge in [0.05, 0.1) is 12.7 Å². The zero-order valence-electron chi connectivity index (χ0n) is 9.55. The molecular weight excluding hydrogens is 206 g/mol. The summed E-state index contributed by atoms with van der Waals surface area (Å²) in [4.78, 5) is 11.5. The van der Waals surface area contributed by atoms with Crippen LogP contribution < -0.4 is 11.1 Å². The molecule has 1 aromatic carbocycles. The fourth-order valence-electron chi connectivity index (χ4n) is 1.51. The van der Waals surface area contributed by atoms with Gasteiger partial charge in [-0.1, -0.05) is 0 Å². The van der Waals surface area contributed by atoms with Gasteiger partial charge in [-0.05, 0) is 18.6 Å². The summed E-state index contributed by atoms with van der Waals surface area (Å²) < 4.78 is 4.67. The lowest BCUT2D eigenvalue weighted by Crippen LogP contribution is -2.10. The second kappa shape index (κ2) is 4.65. The molecule has 86 valence electrons. The van der Waals surface area contributed by atoms with Crippen LogP contribution in [0.2, 0.25) is 0 Å². The van der Waals surface area contributed by atoms with Crippen molar-refractivity contribution in [2.45, 2.75) is 6.92 Å². The highest BCUT2D eigenvalue weighted by molar-refractivity contribution is 6.01. The largest absolute Gasteiger partial charge is 0.465 e. The summed E-state index contributed by atoms with van der Waals surface area (Å²) in [5.74, 6) is -0.433. The summed E-state index contributed by atoms with van der Waals surface area (Å²) in [6.07, 6.45) is 1.16. The lowest BCUT2D eigenvalue weighted by molar-refractivity contribution is 0.0600. The van der Waals surface area contributed by atoms with Gasteiger partial charge < -0.3 is 21.2 Å². The van der Waals surface area contributed by atoms with Gasteiger partial charge in [-0.15, -0.1) is 0 Å². The molecule has 0 unspecified atom stereocenters. The first-order valence-corrected chi connectivity index (χ1v) is 4.76. The van der Waals surface area contributed by atoms with Gasteiger partial charge >= 0.3 is 5.97 Å². The average Bonchev–Trinajstić information content (AvgIpc) is 2.31. The number of ether oxygens (including phenoxy) is 1. The number of hydrogen-bond acceptors (Lipinski definition) is 5. The van der Waals surface area contributed by atoms with E-state index in [2.05, 4.69) is 10.1 Å². The van der Waals surface area contributed by atoms with E-state index in [-0.39, 0.29) is 0 Å². The minimum Gasteiger partial charge on any atom is -0.465 e. The molecule has 0 aliphatic heterocycles. The Labute approximate surface area is 94.1 Å². The van der Waals surface area contributed by atoms with Gasteiger partial charge in [-0.25, -0.2) is 4.79 Å². The van der Waals surface area contributed by atoms with E-state index >= 15 is 0 Å². The maximum Gasteiger partial charge on any atom is 0.338 e. The van der Waals surface area contributed by atoms with Crippen molar-refractivity contribution in [1.82, 2.24) is 0 Å². The van der Waals surface area contributed by atoms with E-state index in [4.69, 9.17) is 11.1 Å². The molecule has 0 radical (unpaired) electrons. The Bertz CT molecular complexity index is 441. The number of nitrogens with one attached hydrogen (secondary N) is 2. The van der Waals surface area contributed by atoms with Crippen molar-refractivity contribution in [3.63, 3.8) is 0 Å². The van der Waals surface area contributed by atoms with E-state index < -0.39 is 5.97 Å². The van der Waals surface area contributed by atoms with Crippen LogP contribution in [0.25, 0.3) is 0 Å². The van der Waals surface area contributed by atoms with Crippen molar-refractivity contribution in [2.75, 3.05) is 25.2 Å². The molecule has 16 heavy (non-hydrogen) atoms. The summed E-state index contributed by atoms with van der Waals surface area (Å²) in [7, 11) is 3.03. The molecule has 0 bridgehead atoms. The third kappa shape index (κ3) is 1.84. The van der Waals surface area contributed by atoms with Crippen LogP contribution in [-0.4, -0.2) is 26.3 Å². The first-order valence-electron chi connectivity index (χ1n) is 4.76. The topological polar surface area (TPSA) is 88.2 Å². The normalized spacial score (nSPS) is 9.69. The van der Waals surface area contributed by atoms with E-state index in [9.17, 15) is 4.79 Å². The fourth-order valence-corrected chi connectivity index (χ4v) is 1.51. The number of nitrogen functional groups attached to an aromatic ring is 1. The predicted octanol–water partition coefficient (Wildman–Crippen LogP) is 1.40. The monoisotopic (exact) mass is 221 g/mol. The number of benzene rings is 1. The number of esters is 1. The number of carbonyl (C=O) groups is 1. The maximum atomic E-state index is 11.5. The standard InChI is InChI=1S/C11H15N3O2/c1-6-7(11(15)16-3)4-9(14-2)8(5-12)10(6)13/h4-5,12,14H,13H2,1-3H3. The molecule has 0 aromatic heterocycles. The minimum atomic E-state index is -0.433. The fraction of sp³-hybridized carbons (Fsp3) is 0.273. The van der Waals surface area contributed by atoms with Crippen LogP contribution in [0.5, 0.6) is 0 Å². The molecule has 0 saturated carbocycles. The summed E-state index contributed by atoms with van der Waals surface area (Å²) >= 11 is 0. The van der Waals surface area contributed by atoms with Crippen LogP contribution in [0.4, 0.5) is 11.4 Å². The van der Waals surface area contributed by atoms with Gasteiger partial charge in [0.2, 0.25) is 0 Å².